The van der Waals surface area contributed by atoms with Crippen molar-refractivity contribution in [3.05, 3.63) is 15.6 Å². The van der Waals surface area contributed by atoms with E-state index in [-0.39, 0.29) is 0 Å². The fourth-order valence-corrected chi connectivity index (χ4v) is 2.31. The molecule has 0 radical (unpaired) electrons. The molecule has 10 heavy (non-hydrogen) atoms. The van der Waals surface area contributed by atoms with Gasteiger partial charge >= 0.3 is 0 Å². The standard InChI is InChI=1S/C8H14NS/c1-5-9-6(2)7(3)10-8(9)4/h5H2,1-4H3/q+1. The largest absolute Gasteiger partial charge is 0.234 e. The molecule has 0 saturated heterocycles. The maximum Gasteiger partial charge on any atom is 0.234 e. The molecule has 1 aromatic heterocycles. The second-order valence-electron chi connectivity index (χ2n) is 2.51. The van der Waals surface area contributed by atoms with Crippen molar-refractivity contribution >= 4 is 11.3 Å². The Morgan fingerprint density at radius 3 is 2.10 bits per heavy atom. The molecule has 0 unspecified atom stereocenters. The van der Waals surface area contributed by atoms with Crippen LogP contribution in [0.5, 0.6) is 0 Å². The van der Waals surface area contributed by atoms with Gasteiger partial charge in [-0.3, -0.25) is 0 Å². The molecule has 0 fully saturated rings. The van der Waals surface area contributed by atoms with Crippen molar-refractivity contribution in [3.8, 4) is 0 Å². The minimum atomic E-state index is 1.10. The first-order chi connectivity index (χ1) is 4.66. The van der Waals surface area contributed by atoms with Crippen LogP contribution < -0.4 is 4.57 Å². The SMILES string of the molecule is CC[n+]1c(C)sc(C)c1C. The Morgan fingerprint density at radius 1 is 1.30 bits per heavy atom. The molecule has 0 atom stereocenters. The Bertz CT molecular complexity index is 238. The Morgan fingerprint density at radius 2 is 1.90 bits per heavy atom. The van der Waals surface area contributed by atoms with Gasteiger partial charge in [-0.2, -0.15) is 4.57 Å². The fourth-order valence-electron chi connectivity index (χ4n) is 1.24. The zero-order valence-corrected chi connectivity index (χ0v) is 7.88. The molecular weight excluding hydrogens is 142 g/mol. The highest BCUT2D eigenvalue weighted by molar-refractivity contribution is 7.11. The van der Waals surface area contributed by atoms with Crippen molar-refractivity contribution < 1.29 is 4.57 Å². The highest BCUT2D eigenvalue weighted by atomic mass is 32.1. The van der Waals surface area contributed by atoms with E-state index in [0.29, 0.717) is 0 Å². The van der Waals surface area contributed by atoms with Crippen LogP contribution in [-0.4, -0.2) is 0 Å². The number of hydrogen-bond acceptors (Lipinski definition) is 1. The number of aryl methyl sites for hydroxylation is 2. The van der Waals surface area contributed by atoms with Crippen LogP contribution in [0.1, 0.15) is 22.5 Å². The summed E-state index contributed by atoms with van der Waals surface area (Å²) >= 11 is 1.88. The highest BCUT2D eigenvalue weighted by Crippen LogP contribution is 2.12. The molecule has 1 rings (SSSR count). The average Bonchev–Trinajstić information content (AvgIpc) is 2.09. The summed E-state index contributed by atoms with van der Waals surface area (Å²) in [5.74, 6) is 0. The molecule has 1 nitrogen and oxygen atoms in total. The lowest BCUT2D eigenvalue weighted by Gasteiger charge is -1.89. The molecule has 0 spiro atoms. The summed E-state index contributed by atoms with van der Waals surface area (Å²) in [5.41, 5.74) is 1.42. The van der Waals surface area contributed by atoms with Gasteiger partial charge in [-0.15, -0.1) is 0 Å². The van der Waals surface area contributed by atoms with E-state index in [1.165, 1.54) is 15.6 Å². The molecule has 0 bridgehead atoms. The molecule has 56 valence electrons. The topological polar surface area (TPSA) is 3.88 Å². The summed E-state index contributed by atoms with van der Waals surface area (Å²) in [6, 6.07) is 0. The van der Waals surface area contributed by atoms with Crippen LogP contribution in [0, 0.1) is 20.8 Å². The van der Waals surface area contributed by atoms with E-state index in [0.717, 1.165) is 6.54 Å². The quantitative estimate of drug-likeness (QED) is 0.547. The third-order valence-electron chi connectivity index (χ3n) is 1.91. The number of nitrogens with zero attached hydrogens (tertiary/aromatic N) is 1. The van der Waals surface area contributed by atoms with Crippen molar-refractivity contribution in [2.45, 2.75) is 34.2 Å². The summed E-state index contributed by atoms with van der Waals surface area (Å²) in [7, 11) is 0. The number of rotatable bonds is 1. The van der Waals surface area contributed by atoms with Crippen molar-refractivity contribution in [1.82, 2.24) is 0 Å². The summed E-state index contributed by atoms with van der Waals surface area (Å²) in [4.78, 5) is 1.44. The van der Waals surface area contributed by atoms with E-state index in [9.17, 15) is 0 Å². The first-order valence-corrected chi connectivity index (χ1v) is 4.45. The van der Waals surface area contributed by atoms with Gasteiger partial charge in [0.1, 0.15) is 6.54 Å². The molecule has 2 heteroatoms. The number of aromatic nitrogens is 1. The van der Waals surface area contributed by atoms with Crippen molar-refractivity contribution in [3.63, 3.8) is 0 Å². The van der Waals surface area contributed by atoms with Gasteiger partial charge in [0.15, 0.2) is 5.69 Å². The van der Waals surface area contributed by atoms with Crippen molar-refractivity contribution in [2.75, 3.05) is 0 Å². The van der Waals surface area contributed by atoms with Crippen LogP contribution in [0.25, 0.3) is 0 Å². The van der Waals surface area contributed by atoms with Crippen LogP contribution >= 0.6 is 11.3 Å². The molecule has 0 aliphatic rings. The van der Waals surface area contributed by atoms with Gasteiger partial charge in [0, 0.05) is 13.8 Å². The maximum atomic E-state index is 2.35. The third-order valence-corrected chi connectivity index (χ3v) is 3.03. The van der Waals surface area contributed by atoms with Crippen molar-refractivity contribution in [2.24, 2.45) is 0 Å². The highest BCUT2D eigenvalue weighted by Gasteiger charge is 2.14. The van der Waals surface area contributed by atoms with E-state index >= 15 is 0 Å². The van der Waals surface area contributed by atoms with Gasteiger partial charge in [0.05, 0.1) is 4.88 Å². The summed E-state index contributed by atoms with van der Waals surface area (Å²) in [5, 5.41) is 1.41. The minimum absolute atomic E-state index is 1.10. The maximum absolute atomic E-state index is 2.35. The molecule has 1 aromatic rings. The third kappa shape index (κ3) is 1.08. The first-order valence-electron chi connectivity index (χ1n) is 3.63. The van der Waals surface area contributed by atoms with E-state index in [1.807, 2.05) is 11.3 Å². The molecule has 0 N–H and O–H groups in total. The van der Waals surface area contributed by atoms with Crippen molar-refractivity contribution in [1.29, 1.82) is 0 Å². The smallest absolute Gasteiger partial charge is 0.191 e. The average molecular weight is 156 g/mol. The number of hydrogen-bond donors (Lipinski definition) is 0. The monoisotopic (exact) mass is 156 g/mol. The first kappa shape index (κ1) is 7.73. The van der Waals surface area contributed by atoms with Gasteiger partial charge < -0.3 is 0 Å². The fraction of sp³-hybridized carbons (Fsp3) is 0.625. The zero-order chi connectivity index (χ0) is 7.72. The van der Waals surface area contributed by atoms with Gasteiger partial charge in [-0.25, -0.2) is 0 Å². The Labute approximate surface area is 66.3 Å². The summed E-state index contributed by atoms with van der Waals surface area (Å²) in [6.07, 6.45) is 0. The van der Waals surface area contributed by atoms with E-state index < -0.39 is 0 Å². The van der Waals surface area contributed by atoms with Crippen LogP contribution in [0.15, 0.2) is 0 Å². The van der Waals surface area contributed by atoms with Gasteiger partial charge in [0.2, 0.25) is 5.01 Å². The zero-order valence-electron chi connectivity index (χ0n) is 7.06. The van der Waals surface area contributed by atoms with Gasteiger partial charge in [-0.1, -0.05) is 11.3 Å². The van der Waals surface area contributed by atoms with E-state index in [4.69, 9.17) is 0 Å². The Kier molecular flexibility index (Phi) is 2.09. The molecule has 0 aliphatic heterocycles. The lowest BCUT2D eigenvalue weighted by Crippen LogP contribution is -2.35. The van der Waals surface area contributed by atoms with Crippen LogP contribution in [0.4, 0.5) is 0 Å². The van der Waals surface area contributed by atoms with E-state index in [2.05, 4.69) is 32.3 Å². The molecular formula is C8H14NS+. The lowest BCUT2D eigenvalue weighted by atomic mass is 10.4. The summed E-state index contributed by atoms with van der Waals surface area (Å²) in [6.45, 7) is 9.82. The second-order valence-corrected chi connectivity index (χ2v) is 3.91. The Hall–Kier alpha value is -0.370. The normalized spacial score (nSPS) is 10.4. The lowest BCUT2D eigenvalue weighted by molar-refractivity contribution is -0.700. The van der Waals surface area contributed by atoms with Crippen LogP contribution in [0.3, 0.4) is 0 Å². The predicted molar refractivity (Wildman–Crippen MR) is 44.4 cm³/mol. The predicted octanol–water partition coefficient (Wildman–Crippen LogP) is 1.98. The van der Waals surface area contributed by atoms with Gasteiger partial charge in [-0.05, 0) is 13.8 Å². The van der Waals surface area contributed by atoms with E-state index in [1.54, 1.807) is 0 Å². The summed E-state index contributed by atoms with van der Waals surface area (Å²) < 4.78 is 2.35. The minimum Gasteiger partial charge on any atom is -0.191 e. The van der Waals surface area contributed by atoms with Gasteiger partial charge in [0.25, 0.3) is 0 Å². The number of thiazole rings is 1. The molecule has 0 amide bonds. The Balaban J connectivity index is 3.20. The molecule has 0 aromatic carbocycles. The second kappa shape index (κ2) is 2.70. The van der Waals surface area contributed by atoms with Crippen LogP contribution in [-0.2, 0) is 6.54 Å². The molecule has 0 aliphatic carbocycles. The van der Waals surface area contributed by atoms with Crippen LogP contribution in [0.2, 0.25) is 0 Å². The molecule has 1 heterocycles. The molecule has 0 saturated carbocycles.